The van der Waals surface area contributed by atoms with Gasteiger partial charge in [-0.1, -0.05) is 12.1 Å². The number of nitrogens with zero attached hydrogens (tertiary/aromatic N) is 2. The van der Waals surface area contributed by atoms with Gasteiger partial charge in [-0.15, -0.1) is 0 Å². The van der Waals surface area contributed by atoms with E-state index >= 15 is 0 Å². The van der Waals surface area contributed by atoms with Crippen LogP contribution >= 0.6 is 0 Å². The molecule has 2 rings (SSSR count). The molecule has 0 bridgehead atoms. The van der Waals surface area contributed by atoms with Crippen LogP contribution in [0, 0.1) is 0 Å². The largest absolute Gasteiger partial charge is 0.350 e. The molecule has 24 heavy (non-hydrogen) atoms. The van der Waals surface area contributed by atoms with Crippen LogP contribution in [0.15, 0.2) is 48.5 Å². The number of hydrazine groups is 2. The number of hydrogen-bond acceptors (Lipinski definition) is 5. The van der Waals surface area contributed by atoms with Crippen molar-refractivity contribution in [1.82, 2.24) is 0 Å². The highest BCUT2D eigenvalue weighted by atomic mass is 16.2. The SMILES string of the molecule is NC(=O)N(N)c1ccc(C(=O)c2cccc(N(N)C(N)=O)c2)cc1. The average Bonchev–Trinajstić information content (AvgIpc) is 2.59. The molecule has 0 aliphatic rings. The Bertz CT molecular complexity index is 790. The summed E-state index contributed by atoms with van der Waals surface area (Å²) >= 11 is 0. The third kappa shape index (κ3) is 3.48. The molecule has 0 radical (unpaired) electrons. The summed E-state index contributed by atoms with van der Waals surface area (Å²) in [6, 6.07) is 10.4. The number of urea groups is 2. The predicted octanol–water partition coefficient (Wildman–Crippen LogP) is 0.435. The third-order valence-corrected chi connectivity index (χ3v) is 3.27. The van der Waals surface area contributed by atoms with Crippen LogP contribution in [-0.4, -0.2) is 17.8 Å². The molecule has 0 saturated heterocycles. The summed E-state index contributed by atoms with van der Waals surface area (Å²) in [5.74, 6) is 10.7. The van der Waals surface area contributed by atoms with E-state index in [0.29, 0.717) is 16.8 Å². The van der Waals surface area contributed by atoms with Crippen LogP contribution in [0.2, 0.25) is 0 Å². The topological polar surface area (TPSA) is 162 Å². The molecular formula is C15H16N6O3. The van der Waals surface area contributed by atoms with Gasteiger partial charge in [-0.3, -0.25) is 4.79 Å². The first-order valence-electron chi connectivity index (χ1n) is 6.74. The number of primary amides is 2. The average molecular weight is 328 g/mol. The maximum atomic E-state index is 12.5. The summed E-state index contributed by atoms with van der Waals surface area (Å²) in [6.45, 7) is 0. The van der Waals surface area contributed by atoms with Crippen molar-refractivity contribution in [3.8, 4) is 0 Å². The molecule has 0 aliphatic carbocycles. The molecule has 0 fully saturated rings. The molecule has 0 unspecified atom stereocenters. The lowest BCUT2D eigenvalue weighted by Crippen LogP contribution is -2.41. The summed E-state index contributed by atoms with van der Waals surface area (Å²) in [6.07, 6.45) is 0. The summed E-state index contributed by atoms with van der Waals surface area (Å²) in [4.78, 5) is 34.6. The van der Waals surface area contributed by atoms with Gasteiger partial charge >= 0.3 is 12.1 Å². The lowest BCUT2D eigenvalue weighted by Gasteiger charge is -2.15. The van der Waals surface area contributed by atoms with Gasteiger partial charge in [-0.25, -0.2) is 31.3 Å². The van der Waals surface area contributed by atoms with E-state index in [1.165, 1.54) is 30.3 Å². The number of anilines is 2. The van der Waals surface area contributed by atoms with Crippen molar-refractivity contribution in [3.63, 3.8) is 0 Å². The number of carbonyl (C=O) groups excluding carboxylic acids is 3. The second-order valence-electron chi connectivity index (χ2n) is 4.84. The molecule has 0 aromatic heterocycles. The zero-order chi connectivity index (χ0) is 17.9. The van der Waals surface area contributed by atoms with Crippen molar-refractivity contribution in [2.75, 3.05) is 10.0 Å². The molecule has 2 aromatic carbocycles. The second kappa shape index (κ2) is 6.77. The first-order chi connectivity index (χ1) is 11.3. The first kappa shape index (κ1) is 16.9. The first-order valence-corrected chi connectivity index (χ1v) is 6.74. The van der Waals surface area contributed by atoms with Crippen LogP contribution < -0.4 is 33.2 Å². The number of rotatable bonds is 4. The van der Waals surface area contributed by atoms with Gasteiger partial charge in [0.25, 0.3) is 0 Å². The van der Waals surface area contributed by atoms with Crippen LogP contribution in [0.5, 0.6) is 0 Å². The van der Waals surface area contributed by atoms with E-state index in [1.807, 2.05) is 0 Å². The standard InChI is InChI=1S/C15H16N6O3/c16-14(23)20(18)11-6-4-9(5-7-11)13(22)10-2-1-3-12(8-10)21(19)15(17)24/h1-8H,18-19H2,(H2,16,23)(H2,17,24). The van der Waals surface area contributed by atoms with Gasteiger partial charge in [-0.05, 0) is 36.4 Å². The fourth-order valence-electron chi connectivity index (χ4n) is 1.99. The number of amides is 4. The minimum absolute atomic E-state index is 0.284. The quantitative estimate of drug-likeness (QED) is 0.276. The summed E-state index contributed by atoms with van der Waals surface area (Å²) in [5.41, 5.74) is 11.5. The molecular weight excluding hydrogens is 312 g/mol. The number of ketones is 1. The van der Waals surface area contributed by atoms with Gasteiger partial charge in [0.2, 0.25) is 0 Å². The fraction of sp³-hybridized carbons (Fsp3) is 0. The zero-order valence-corrected chi connectivity index (χ0v) is 12.5. The van der Waals surface area contributed by atoms with Crippen LogP contribution in [0.3, 0.4) is 0 Å². The van der Waals surface area contributed by atoms with E-state index in [0.717, 1.165) is 10.0 Å². The van der Waals surface area contributed by atoms with Gasteiger partial charge in [0.05, 0.1) is 11.4 Å². The van der Waals surface area contributed by atoms with Gasteiger partial charge in [0, 0.05) is 11.1 Å². The Morgan fingerprint density at radius 3 is 1.79 bits per heavy atom. The lowest BCUT2D eigenvalue weighted by molar-refractivity contribution is 0.103. The molecule has 124 valence electrons. The summed E-state index contributed by atoms with van der Waals surface area (Å²) in [5, 5.41) is 1.49. The Hall–Kier alpha value is -3.43. The summed E-state index contributed by atoms with van der Waals surface area (Å²) in [7, 11) is 0. The smallest absolute Gasteiger partial charge is 0.333 e. The molecule has 2 aromatic rings. The Labute approximate surface area is 137 Å². The van der Waals surface area contributed by atoms with Crippen molar-refractivity contribution in [3.05, 3.63) is 59.7 Å². The van der Waals surface area contributed by atoms with Crippen molar-refractivity contribution in [1.29, 1.82) is 0 Å². The number of carbonyl (C=O) groups is 3. The van der Waals surface area contributed by atoms with Gasteiger partial charge < -0.3 is 11.5 Å². The molecule has 9 heteroatoms. The van der Waals surface area contributed by atoms with E-state index in [-0.39, 0.29) is 11.5 Å². The van der Waals surface area contributed by atoms with E-state index in [1.54, 1.807) is 18.2 Å². The van der Waals surface area contributed by atoms with Crippen LogP contribution in [0.25, 0.3) is 0 Å². The van der Waals surface area contributed by atoms with E-state index in [2.05, 4.69) is 0 Å². The third-order valence-electron chi connectivity index (χ3n) is 3.27. The summed E-state index contributed by atoms with van der Waals surface area (Å²) < 4.78 is 0. The van der Waals surface area contributed by atoms with Crippen LogP contribution in [0.1, 0.15) is 15.9 Å². The Balaban J connectivity index is 2.27. The van der Waals surface area contributed by atoms with Gasteiger partial charge in [-0.2, -0.15) is 0 Å². The van der Waals surface area contributed by atoms with Crippen LogP contribution in [-0.2, 0) is 0 Å². The fourth-order valence-corrected chi connectivity index (χ4v) is 1.99. The second-order valence-corrected chi connectivity index (χ2v) is 4.84. The molecule has 0 atom stereocenters. The van der Waals surface area contributed by atoms with Crippen molar-refractivity contribution >= 4 is 29.2 Å². The number of nitrogens with two attached hydrogens (primary N) is 4. The van der Waals surface area contributed by atoms with Crippen molar-refractivity contribution in [2.24, 2.45) is 23.2 Å². The molecule has 9 nitrogen and oxygen atoms in total. The van der Waals surface area contributed by atoms with E-state index in [4.69, 9.17) is 23.2 Å². The lowest BCUT2D eigenvalue weighted by atomic mass is 10.0. The minimum Gasteiger partial charge on any atom is -0.350 e. The molecule has 0 aliphatic heterocycles. The highest BCUT2D eigenvalue weighted by Crippen LogP contribution is 2.19. The predicted molar refractivity (Wildman–Crippen MR) is 88.8 cm³/mol. The Kier molecular flexibility index (Phi) is 4.78. The highest BCUT2D eigenvalue weighted by molar-refractivity contribution is 6.10. The zero-order valence-electron chi connectivity index (χ0n) is 12.5. The van der Waals surface area contributed by atoms with Gasteiger partial charge in [0.15, 0.2) is 5.78 Å². The maximum absolute atomic E-state index is 12.5. The monoisotopic (exact) mass is 328 g/mol. The Morgan fingerprint density at radius 1 is 0.708 bits per heavy atom. The van der Waals surface area contributed by atoms with Crippen molar-refractivity contribution < 1.29 is 14.4 Å². The Morgan fingerprint density at radius 2 is 1.25 bits per heavy atom. The maximum Gasteiger partial charge on any atom is 0.333 e. The van der Waals surface area contributed by atoms with Crippen molar-refractivity contribution in [2.45, 2.75) is 0 Å². The molecule has 0 saturated carbocycles. The van der Waals surface area contributed by atoms with E-state index in [9.17, 15) is 14.4 Å². The molecule has 0 spiro atoms. The molecule has 8 N–H and O–H groups in total. The number of benzene rings is 2. The number of hydrogen-bond donors (Lipinski definition) is 4. The van der Waals surface area contributed by atoms with Crippen LogP contribution in [0.4, 0.5) is 21.0 Å². The van der Waals surface area contributed by atoms with E-state index < -0.39 is 12.1 Å². The molecule has 0 heterocycles. The normalized spacial score (nSPS) is 10.1. The minimum atomic E-state index is -0.849. The molecule has 4 amide bonds. The van der Waals surface area contributed by atoms with Gasteiger partial charge in [0.1, 0.15) is 0 Å². The highest BCUT2D eigenvalue weighted by Gasteiger charge is 2.14.